The molecule has 4 nitrogen and oxygen atoms in total. The second-order valence-electron chi connectivity index (χ2n) is 6.54. The second-order valence-corrected chi connectivity index (χ2v) is 8.14. The summed E-state index contributed by atoms with van der Waals surface area (Å²) in [5.74, 6) is -0.0633. The SMILES string of the molecule is CC(CNC(=O)c1cc(Cl)ccc1I)N1CCN(c2ccccc2)CC1. The lowest BCUT2D eigenvalue weighted by molar-refractivity contribution is 0.0933. The zero-order valence-electron chi connectivity index (χ0n) is 14.8. The first-order valence-corrected chi connectivity index (χ1v) is 10.3. The maximum Gasteiger partial charge on any atom is 0.252 e. The summed E-state index contributed by atoms with van der Waals surface area (Å²) in [6, 6.07) is 16.2. The monoisotopic (exact) mass is 483 g/mol. The minimum absolute atomic E-state index is 0.0633. The zero-order valence-corrected chi connectivity index (χ0v) is 17.7. The maximum atomic E-state index is 12.4. The van der Waals surface area contributed by atoms with Crippen molar-refractivity contribution in [3.05, 3.63) is 62.7 Å². The molecule has 2 aromatic carbocycles. The van der Waals surface area contributed by atoms with Gasteiger partial charge in [0.2, 0.25) is 0 Å². The van der Waals surface area contributed by atoms with Gasteiger partial charge in [0, 0.05) is 53.0 Å². The lowest BCUT2D eigenvalue weighted by atomic mass is 10.2. The molecule has 1 amide bonds. The van der Waals surface area contributed by atoms with Gasteiger partial charge in [-0.05, 0) is 59.8 Å². The fraction of sp³-hybridized carbons (Fsp3) is 0.350. The molecule has 6 heteroatoms. The first kappa shape index (κ1) is 19.5. The van der Waals surface area contributed by atoms with E-state index in [9.17, 15) is 4.79 Å². The number of anilines is 1. The average Bonchev–Trinajstić information content (AvgIpc) is 2.68. The normalized spacial score (nSPS) is 16.3. The molecule has 3 rings (SSSR count). The van der Waals surface area contributed by atoms with Crippen LogP contribution in [-0.4, -0.2) is 49.6 Å². The summed E-state index contributed by atoms with van der Waals surface area (Å²) in [7, 11) is 0. The van der Waals surface area contributed by atoms with Crippen LogP contribution in [0.25, 0.3) is 0 Å². The topological polar surface area (TPSA) is 35.6 Å². The van der Waals surface area contributed by atoms with E-state index < -0.39 is 0 Å². The van der Waals surface area contributed by atoms with Crippen LogP contribution in [-0.2, 0) is 0 Å². The van der Waals surface area contributed by atoms with Gasteiger partial charge in [-0.1, -0.05) is 29.8 Å². The van der Waals surface area contributed by atoms with E-state index >= 15 is 0 Å². The van der Waals surface area contributed by atoms with Gasteiger partial charge in [0.1, 0.15) is 0 Å². The van der Waals surface area contributed by atoms with Crippen molar-refractivity contribution in [1.82, 2.24) is 10.2 Å². The van der Waals surface area contributed by atoms with Gasteiger partial charge in [0.05, 0.1) is 5.56 Å². The molecule has 26 heavy (non-hydrogen) atoms. The average molecular weight is 484 g/mol. The van der Waals surface area contributed by atoms with E-state index in [4.69, 9.17) is 11.6 Å². The van der Waals surface area contributed by atoms with Crippen LogP contribution in [0.2, 0.25) is 5.02 Å². The van der Waals surface area contributed by atoms with Crippen LogP contribution in [0.3, 0.4) is 0 Å². The highest BCUT2D eigenvalue weighted by molar-refractivity contribution is 14.1. The third-order valence-corrected chi connectivity index (χ3v) is 5.97. The number of hydrogen-bond donors (Lipinski definition) is 1. The van der Waals surface area contributed by atoms with Crippen LogP contribution in [0.5, 0.6) is 0 Å². The molecule has 1 aliphatic heterocycles. The van der Waals surface area contributed by atoms with Crippen LogP contribution in [0.4, 0.5) is 5.69 Å². The molecule has 1 heterocycles. The number of rotatable bonds is 5. The third-order valence-electron chi connectivity index (χ3n) is 4.79. The molecular weight excluding hydrogens is 461 g/mol. The highest BCUT2D eigenvalue weighted by Crippen LogP contribution is 2.18. The van der Waals surface area contributed by atoms with Crippen LogP contribution in [0, 0.1) is 3.57 Å². The molecule has 2 aromatic rings. The first-order valence-electron chi connectivity index (χ1n) is 8.82. The number of nitrogens with zero attached hydrogens (tertiary/aromatic N) is 2. The lowest BCUT2D eigenvalue weighted by Gasteiger charge is -2.39. The van der Waals surface area contributed by atoms with Gasteiger partial charge in [-0.2, -0.15) is 0 Å². The van der Waals surface area contributed by atoms with Crippen molar-refractivity contribution in [1.29, 1.82) is 0 Å². The highest BCUT2D eigenvalue weighted by atomic mass is 127. The molecule has 0 aliphatic carbocycles. The van der Waals surface area contributed by atoms with E-state index in [-0.39, 0.29) is 5.91 Å². The molecule has 1 saturated heterocycles. The van der Waals surface area contributed by atoms with Crippen molar-refractivity contribution in [2.24, 2.45) is 0 Å². The van der Waals surface area contributed by atoms with Gasteiger partial charge in [-0.25, -0.2) is 0 Å². The minimum Gasteiger partial charge on any atom is -0.369 e. The molecule has 0 bridgehead atoms. The lowest BCUT2D eigenvalue weighted by Crippen LogP contribution is -2.52. The van der Waals surface area contributed by atoms with Gasteiger partial charge in [-0.15, -0.1) is 0 Å². The number of amides is 1. The Balaban J connectivity index is 1.49. The number of nitrogens with one attached hydrogen (secondary N) is 1. The molecule has 0 saturated carbocycles. The Morgan fingerprint density at radius 1 is 1.15 bits per heavy atom. The predicted octanol–water partition coefficient (Wildman–Crippen LogP) is 3.89. The van der Waals surface area contributed by atoms with Gasteiger partial charge < -0.3 is 10.2 Å². The van der Waals surface area contributed by atoms with Gasteiger partial charge >= 0.3 is 0 Å². The van der Waals surface area contributed by atoms with Crippen LogP contribution < -0.4 is 10.2 Å². The largest absolute Gasteiger partial charge is 0.369 e. The molecule has 1 aliphatic rings. The summed E-state index contributed by atoms with van der Waals surface area (Å²) in [5.41, 5.74) is 1.92. The van der Waals surface area contributed by atoms with Crippen molar-refractivity contribution in [2.75, 3.05) is 37.6 Å². The van der Waals surface area contributed by atoms with Crippen molar-refractivity contribution in [3.63, 3.8) is 0 Å². The summed E-state index contributed by atoms with van der Waals surface area (Å²) in [6.07, 6.45) is 0. The fourth-order valence-corrected chi connectivity index (χ4v) is 3.95. The summed E-state index contributed by atoms with van der Waals surface area (Å²) < 4.78 is 0.911. The zero-order chi connectivity index (χ0) is 18.5. The number of piperazine rings is 1. The number of para-hydroxylation sites is 1. The first-order chi connectivity index (χ1) is 12.5. The molecule has 1 N–H and O–H groups in total. The highest BCUT2D eigenvalue weighted by Gasteiger charge is 2.22. The Labute approximate surface area is 173 Å². The molecule has 0 spiro atoms. The number of hydrogen-bond acceptors (Lipinski definition) is 3. The number of carbonyl (C=O) groups is 1. The van der Waals surface area contributed by atoms with Crippen molar-refractivity contribution in [2.45, 2.75) is 13.0 Å². The van der Waals surface area contributed by atoms with Gasteiger partial charge in [-0.3, -0.25) is 9.69 Å². The molecule has 0 radical (unpaired) electrons. The fourth-order valence-electron chi connectivity index (χ4n) is 3.20. The molecule has 138 valence electrons. The maximum absolute atomic E-state index is 12.4. The van der Waals surface area contributed by atoms with E-state index in [2.05, 4.69) is 68.9 Å². The molecule has 1 unspecified atom stereocenters. The Kier molecular flexibility index (Phi) is 6.78. The van der Waals surface area contributed by atoms with Crippen molar-refractivity contribution >= 4 is 45.8 Å². The Bertz CT molecular complexity index is 748. The van der Waals surface area contributed by atoms with Crippen LogP contribution >= 0.6 is 34.2 Å². The quantitative estimate of drug-likeness (QED) is 0.656. The smallest absolute Gasteiger partial charge is 0.252 e. The number of carbonyl (C=O) groups excluding carboxylic acids is 1. The standard InChI is InChI=1S/C20H23ClIN3O/c1-15(14-23-20(26)18-13-16(21)7-8-19(18)22)24-9-11-25(12-10-24)17-5-3-2-4-6-17/h2-8,13,15H,9-12,14H2,1H3,(H,23,26). The van der Waals surface area contributed by atoms with E-state index in [0.717, 1.165) is 29.7 Å². The summed E-state index contributed by atoms with van der Waals surface area (Å²) in [4.78, 5) is 17.3. The van der Waals surface area contributed by atoms with Gasteiger partial charge in [0.15, 0.2) is 0 Å². The minimum atomic E-state index is -0.0633. The number of benzene rings is 2. The Hall–Kier alpha value is -1.31. The Morgan fingerprint density at radius 3 is 2.54 bits per heavy atom. The van der Waals surface area contributed by atoms with Crippen LogP contribution in [0.1, 0.15) is 17.3 Å². The predicted molar refractivity (Wildman–Crippen MR) is 116 cm³/mol. The molecule has 0 aromatic heterocycles. The van der Waals surface area contributed by atoms with E-state index in [0.29, 0.717) is 23.2 Å². The van der Waals surface area contributed by atoms with Gasteiger partial charge in [0.25, 0.3) is 5.91 Å². The van der Waals surface area contributed by atoms with E-state index in [1.54, 1.807) is 12.1 Å². The van der Waals surface area contributed by atoms with Crippen molar-refractivity contribution in [3.8, 4) is 0 Å². The summed E-state index contributed by atoms with van der Waals surface area (Å²) in [5, 5.41) is 3.63. The summed E-state index contributed by atoms with van der Waals surface area (Å²) >= 11 is 8.18. The Morgan fingerprint density at radius 2 is 1.85 bits per heavy atom. The third kappa shape index (κ3) is 4.90. The second kappa shape index (κ2) is 9.06. The molecular formula is C20H23ClIN3O. The van der Waals surface area contributed by atoms with E-state index in [1.165, 1.54) is 5.69 Å². The van der Waals surface area contributed by atoms with E-state index in [1.807, 2.05) is 12.1 Å². The summed E-state index contributed by atoms with van der Waals surface area (Å²) in [6.45, 7) is 6.82. The molecule has 1 atom stereocenters. The number of halogens is 2. The molecule has 1 fully saturated rings. The van der Waals surface area contributed by atoms with Crippen molar-refractivity contribution < 1.29 is 4.79 Å². The van der Waals surface area contributed by atoms with Crippen LogP contribution in [0.15, 0.2) is 48.5 Å².